The minimum atomic E-state index is -2.43. The third-order valence-electron chi connectivity index (χ3n) is 3.95. The molecule has 0 unspecified atom stereocenters. The minimum Gasteiger partial charge on any atom is -0.310 e. The summed E-state index contributed by atoms with van der Waals surface area (Å²) in [5, 5.41) is 7.50. The van der Waals surface area contributed by atoms with Gasteiger partial charge in [0, 0.05) is 18.2 Å². The van der Waals surface area contributed by atoms with Crippen LogP contribution in [0.15, 0.2) is 6.20 Å². The van der Waals surface area contributed by atoms with E-state index in [0.717, 1.165) is 25.7 Å². The number of hydrogen-bond donors (Lipinski definition) is 1. The smallest absolute Gasteiger partial charge is 0.280 e. The van der Waals surface area contributed by atoms with Crippen molar-refractivity contribution >= 4 is 0 Å². The van der Waals surface area contributed by atoms with E-state index >= 15 is 0 Å². The average molecular weight is 255 g/mol. The van der Waals surface area contributed by atoms with Crippen LogP contribution in [0.4, 0.5) is 8.78 Å². The summed E-state index contributed by atoms with van der Waals surface area (Å²) in [6, 6.07) is 0.717. The molecule has 0 bridgehead atoms. The number of rotatable bonds is 5. The van der Waals surface area contributed by atoms with Gasteiger partial charge >= 0.3 is 0 Å². The van der Waals surface area contributed by atoms with Crippen molar-refractivity contribution in [1.29, 1.82) is 0 Å². The first kappa shape index (κ1) is 12.1. The zero-order valence-electron chi connectivity index (χ0n) is 10.4. The number of alkyl halides is 2. The molecule has 1 aromatic rings. The van der Waals surface area contributed by atoms with E-state index in [-0.39, 0.29) is 11.7 Å². The molecular weight excluding hydrogens is 236 g/mol. The average Bonchev–Trinajstić information content (AvgIpc) is 2.88. The predicted molar refractivity (Wildman–Crippen MR) is 64.6 cm³/mol. The Labute approximate surface area is 106 Å². The lowest BCUT2D eigenvalue weighted by atomic mass is 10.2. The third kappa shape index (κ3) is 2.41. The summed E-state index contributed by atoms with van der Waals surface area (Å²) in [7, 11) is 0. The zero-order chi connectivity index (χ0) is 12.5. The number of nitrogens with zero attached hydrogens (tertiary/aromatic N) is 2. The highest BCUT2D eigenvalue weighted by Crippen LogP contribution is 2.34. The topological polar surface area (TPSA) is 29.9 Å². The normalized spacial score (nSPS) is 21.1. The quantitative estimate of drug-likeness (QED) is 0.875. The van der Waals surface area contributed by atoms with Crippen molar-refractivity contribution in [2.75, 3.05) is 0 Å². The van der Waals surface area contributed by atoms with Crippen LogP contribution in [0.2, 0.25) is 0 Å². The Morgan fingerprint density at radius 1 is 1.28 bits per heavy atom. The summed E-state index contributed by atoms with van der Waals surface area (Å²) in [5.41, 5.74) is 0.804. The van der Waals surface area contributed by atoms with E-state index in [1.165, 1.54) is 12.8 Å². The van der Waals surface area contributed by atoms with E-state index in [9.17, 15) is 8.78 Å². The van der Waals surface area contributed by atoms with Gasteiger partial charge in [-0.1, -0.05) is 12.8 Å². The van der Waals surface area contributed by atoms with Crippen LogP contribution in [-0.2, 0) is 6.54 Å². The highest BCUT2D eigenvalue weighted by molar-refractivity contribution is 5.20. The molecule has 0 aromatic carbocycles. The number of nitrogens with one attached hydrogen (secondary N) is 1. The fourth-order valence-corrected chi connectivity index (χ4v) is 2.77. The Morgan fingerprint density at radius 3 is 2.61 bits per heavy atom. The van der Waals surface area contributed by atoms with Gasteiger partial charge in [0.05, 0.1) is 12.2 Å². The van der Waals surface area contributed by atoms with E-state index in [4.69, 9.17) is 0 Å². The maximum atomic E-state index is 13.2. The fraction of sp³-hybridized carbons (Fsp3) is 0.769. The Balaban J connectivity index is 1.79. The second-order valence-electron chi connectivity index (χ2n) is 5.39. The molecule has 0 amide bonds. The van der Waals surface area contributed by atoms with Crippen molar-refractivity contribution in [3.8, 4) is 0 Å². The highest BCUT2D eigenvalue weighted by Gasteiger charge is 2.27. The second kappa shape index (κ2) is 4.96. The Kier molecular flexibility index (Phi) is 3.33. The van der Waals surface area contributed by atoms with Crippen LogP contribution in [0.25, 0.3) is 0 Å². The monoisotopic (exact) mass is 255 g/mol. The predicted octanol–water partition coefficient (Wildman–Crippen LogP) is 3.19. The van der Waals surface area contributed by atoms with E-state index in [1.54, 1.807) is 10.9 Å². The van der Waals surface area contributed by atoms with Crippen molar-refractivity contribution in [2.45, 2.75) is 63.6 Å². The van der Waals surface area contributed by atoms with Crippen LogP contribution < -0.4 is 5.32 Å². The van der Waals surface area contributed by atoms with Crippen LogP contribution in [-0.4, -0.2) is 15.8 Å². The molecule has 1 N–H and O–H groups in total. The molecule has 2 fully saturated rings. The number of halogens is 2. The molecule has 0 aliphatic heterocycles. The lowest BCUT2D eigenvalue weighted by Crippen LogP contribution is -2.17. The van der Waals surface area contributed by atoms with Crippen LogP contribution >= 0.6 is 0 Å². The maximum Gasteiger partial charge on any atom is 0.280 e. The Morgan fingerprint density at radius 2 is 2.00 bits per heavy atom. The number of aromatic nitrogens is 2. The molecule has 2 aliphatic carbocycles. The second-order valence-corrected chi connectivity index (χ2v) is 5.39. The van der Waals surface area contributed by atoms with Crippen molar-refractivity contribution in [1.82, 2.24) is 15.1 Å². The van der Waals surface area contributed by atoms with Gasteiger partial charge in [-0.25, -0.2) is 8.78 Å². The fourth-order valence-electron chi connectivity index (χ4n) is 2.77. The molecule has 1 heterocycles. The lowest BCUT2D eigenvalue weighted by molar-refractivity contribution is 0.134. The summed E-state index contributed by atoms with van der Waals surface area (Å²) >= 11 is 0. The van der Waals surface area contributed by atoms with Crippen LogP contribution in [0, 0.1) is 0 Å². The van der Waals surface area contributed by atoms with E-state index in [2.05, 4.69) is 10.4 Å². The zero-order valence-corrected chi connectivity index (χ0v) is 10.4. The van der Waals surface area contributed by atoms with Gasteiger partial charge in [0.1, 0.15) is 5.69 Å². The first-order chi connectivity index (χ1) is 8.75. The van der Waals surface area contributed by atoms with Crippen molar-refractivity contribution in [2.24, 2.45) is 0 Å². The van der Waals surface area contributed by atoms with Gasteiger partial charge in [0.25, 0.3) is 6.43 Å². The van der Waals surface area contributed by atoms with Crippen LogP contribution in [0.5, 0.6) is 0 Å². The molecular formula is C13H19F2N3. The standard InChI is InChI=1S/C13H19F2N3/c14-13(15)12-9(7-16-10-5-6-10)8-17-18(12)11-3-1-2-4-11/h8,10-11,13,16H,1-7H2. The summed E-state index contributed by atoms with van der Waals surface area (Å²) < 4.78 is 28.0. The molecule has 3 nitrogen and oxygen atoms in total. The van der Waals surface area contributed by atoms with E-state index in [0.29, 0.717) is 18.2 Å². The summed E-state index contributed by atoms with van der Waals surface area (Å²) in [5.74, 6) is 0. The number of hydrogen-bond acceptors (Lipinski definition) is 2. The van der Waals surface area contributed by atoms with Crippen molar-refractivity contribution in [3.63, 3.8) is 0 Å². The van der Waals surface area contributed by atoms with Gasteiger partial charge in [-0.15, -0.1) is 0 Å². The molecule has 100 valence electrons. The lowest BCUT2D eigenvalue weighted by Gasteiger charge is -2.15. The molecule has 1 aromatic heterocycles. The van der Waals surface area contributed by atoms with Gasteiger partial charge in [-0.2, -0.15) is 5.10 Å². The molecule has 0 radical (unpaired) electrons. The Bertz CT molecular complexity index is 406. The van der Waals surface area contributed by atoms with Gasteiger partial charge in [-0.3, -0.25) is 4.68 Å². The summed E-state index contributed by atoms with van der Waals surface area (Å²) in [4.78, 5) is 0. The van der Waals surface area contributed by atoms with Crippen LogP contribution in [0.1, 0.15) is 62.2 Å². The molecule has 2 aliphatic rings. The third-order valence-corrected chi connectivity index (χ3v) is 3.95. The van der Waals surface area contributed by atoms with Gasteiger partial charge < -0.3 is 5.32 Å². The van der Waals surface area contributed by atoms with Crippen molar-refractivity contribution < 1.29 is 8.78 Å². The van der Waals surface area contributed by atoms with Crippen molar-refractivity contribution in [3.05, 3.63) is 17.5 Å². The molecule has 2 saturated carbocycles. The molecule has 0 spiro atoms. The minimum absolute atomic E-state index is 0.134. The van der Waals surface area contributed by atoms with E-state index < -0.39 is 6.43 Å². The summed E-state index contributed by atoms with van der Waals surface area (Å²) in [6.45, 7) is 0.525. The van der Waals surface area contributed by atoms with Crippen LogP contribution in [0.3, 0.4) is 0 Å². The molecule has 3 rings (SSSR count). The SMILES string of the molecule is FC(F)c1c(CNC2CC2)cnn1C1CCCC1. The first-order valence-electron chi connectivity index (χ1n) is 6.83. The summed E-state index contributed by atoms with van der Waals surface area (Å²) in [6.07, 6.45) is 5.75. The van der Waals surface area contributed by atoms with Gasteiger partial charge in [0.2, 0.25) is 0 Å². The molecule has 0 atom stereocenters. The van der Waals surface area contributed by atoms with Gasteiger partial charge in [0.15, 0.2) is 0 Å². The molecule has 18 heavy (non-hydrogen) atoms. The maximum absolute atomic E-state index is 13.2. The molecule has 5 heteroatoms. The molecule has 0 saturated heterocycles. The van der Waals surface area contributed by atoms with Gasteiger partial charge in [-0.05, 0) is 25.7 Å². The van der Waals surface area contributed by atoms with E-state index in [1.807, 2.05) is 0 Å². The highest BCUT2D eigenvalue weighted by atomic mass is 19.3. The Hall–Kier alpha value is -0.970. The first-order valence-corrected chi connectivity index (χ1v) is 6.83. The largest absolute Gasteiger partial charge is 0.310 e.